The maximum Gasteiger partial charge on any atom is 0.335 e. The number of carboxylic acids is 2. The number of aromatic nitrogens is 5. The molecular formula is C71H52N14O7SV. The molecule has 0 spiro atoms. The summed E-state index contributed by atoms with van der Waals surface area (Å²) in [5.41, 5.74) is 5.74. The van der Waals surface area contributed by atoms with E-state index in [9.17, 15) is 28.2 Å². The number of rotatable bonds is 11. The molecule has 23 heteroatoms. The van der Waals surface area contributed by atoms with E-state index < -0.39 is 22.0 Å². The van der Waals surface area contributed by atoms with Crippen LogP contribution < -0.4 is 31.3 Å². The van der Waals surface area contributed by atoms with Gasteiger partial charge >= 0.3 is 11.9 Å². The van der Waals surface area contributed by atoms with Gasteiger partial charge in [-0.2, -0.15) is 15.0 Å². The number of carbonyl (C=O) groups is 2. The summed E-state index contributed by atoms with van der Waals surface area (Å²) in [6, 6.07) is 62.9. The predicted molar refractivity (Wildman–Crippen MR) is 362 cm³/mol. The number of fused-ring (bicyclic) bond motifs is 18. The molecule has 0 saturated heterocycles. The zero-order valence-electron chi connectivity index (χ0n) is 50.3. The van der Waals surface area contributed by atoms with Crippen molar-refractivity contribution in [2.75, 3.05) is 23.4 Å². The molecule has 459 valence electrons. The standard InChI is InChI=1S/C48H24N8O.C21H22N6O6S.C2H6.V/c1-2-10-26-18-34-33(17-25(26)9-1)41-49-42(34)52-46-39-23-31-15-7-8-16-32(31)24-40(39)48-54-44-36-20-28-12-4-3-11-27(28)19-35(36)43(50-44)53-47-38-22-30-14-6-5-13-29(30)21-37(38)45(51-41)55(47)57-56(46)48;1-34(32,33)22-10-4-9-17-25-20(23-15-7-2-5-13(11-15)18(28)29)27-21(26-17)24-16-8-3-6-14(12-16)19(30)31;1-2;/h1-24H;2-3,5-8,11-12,22H,4,9-10H2,1H3,(H,28,29)(H,30,31)(H2,23,24,25,26,27);1-2H3;. The quantitative estimate of drug-likeness (QED) is 0.0756. The van der Waals surface area contributed by atoms with Crippen LogP contribution in [0.1, 0.15) is 69.1 Å². The van der Waals surface area contributed by atoms with E-state index in [0.29, 0.717) is 76.0 Å². The van der Waals surface area contributed by atoms with Gasteiger partial charge in [-0.3, -0.25) is 4.94 Å². The maximum absolute atomic E-state index is 11.3. The first-order valence-electron chi connectivity index (χ1n) is 29.9. The van der Waals surface area contributed by atoms with Gasteiger partial charge in [0.15, 0.2) is 46.0 Å². The topological polar surface area (TPSA) is 277 Å². The van der Waals surface area contributed by atoms with Gasteiger partial charge in [-0.05, 0) is 134 Å². The van der Waals surface area contributed by atoms with Crippen molar-refractivity contribution in [2.24, 2.45) is 30.0 Å². The molecule has 0 saturated carbocycles. The molecule has 17 rings (SSSR count). The summed E-state index contributed by atoms with van der Waals surface area (Å²) in [5.74, 6) is 1.74. The van der Waals surface area contributed by atoms with Crippen LogP contribution in [0.2, 0.25) is 0 Å². The first-order valence-corrected chi connectivity index (χ1v) is 31.8. The van der Waals surface area contributed by atoms with Crippen molar-refractivity contribution in [3.8, 4) is 0 Å². The number of nitrogens with zero attached hydrogens (tertiary/aromatic N) is 11. The summed E-state index contributed by atoms with van der Waals surface area (Å²) in [4.78, 5) is 74.7. The van der Waals surface area contributed by atoms with Crippen LogP contribution in [0.4, 0.5) is 34.9 Å². The zero-order valence-corrected chi connectivity index (χ0v) is 52.5. The molecule has 0 aliphatic carbocycles. The van der Waals surface area contributed by atoms with Crippen molar-refractivity contribution in [3.05, 3.63) is 244 Å². The summed E-state index contributed by atoms with van der Waals surface area (Å²) in [5, 5.41) is 36.4. The van der Waals surface area contributed by atoms with Gasteiger partial charge in [-0.15, -0.1) is 9.46 Å². The second-order valence-electron chi connectivity index (χ2n) is 22.1. The number of aromatic carboxylic acids is 2. The molecule has 0 unspecified atom stereocenters. The average Bonchev–Trinajstić information content (AvgIpc) is 1.56. The summed E-state index contributed by atoms with van der Waals surface area (Å²) in [6.07, 6.45) is 1.80. The Labute approximate surface area is 546 Å². The molecule has 0 fully saturated rings. The Balaban J connectivity index is 0.000000179. The van der Waals surface area contributed by atoms with Gasteiger partial charge in [-0.25, -0.2) is 52.7 Å². The Kier molecular flexibility index (Phi) is 15.5. The van der Waals surface area contributed by atoms with Gasteiger partial charge in [0.2, 0.25) is 21.9 Å². The third-order valence-corrected chi connectivity index (χ3v) is 16.8. The van der Waals surface area contributed by atoms with Crippen molar-refractivity contribution in [1.82, 2.24) is 29.1 Å². The predicted octanol–water partition coefficient (Wildman–Crippen LogP) is 12.3. The Bertz CT molecular complexity index is 5460. The van der Waals surface area contributed by atoms with Crippen LogP contribution >= 0.6 is 0 Å². The molecule has 10 aromatic carbocycles. The Morgan fingerprint density at radius 2 is 0.809 bits per heavy atom. The van der Waals surface area contributed by atoms with Gasteiger partial charge in [0.25, 0.3) is 0 Å². The van der Waals surface area contributed by atoms with Gasteiger partial charge in [-0.1, -0.05) is 123 Å². The number of carboxylic acid groups (broad SMARTS) is 2. The third kappa shape index (κ3) is 11.2. The first-order chi connectivity index (χ1) is 45.3. The monoisotopic (exact) mass is 1300 g/mol. The molecule has 4 aliphatic heterocycles. The van der Waals surface area contributed by atoms with E-state index in [-0.39, 0.29) is 48.1 Å². The van der Waals surface area contributed by atoms with Crippen LogP contribution in [0, 0.1) is 0 Å². The van der Waals surface area contributed by atoms with E-state index in [1.165, 1.54) is 24.3 Å². The molecule has 13 aromatic rings. The van der Waals surface area contributed by atoms with E-state index in [4.69, 9.17) is 34.9 Å². The van der Waals surface area contributed by atoms with Crippen LogP contribution in [-0.2, 0) is 35.0 Å². The molecule has 3 aromatic heterocycles. The minimum atomic E-state index is -3.32. The molecule has 7 heterocycles. The summed E-state index contributed by atoms with van der Waals surface area (Å²) in [7, 11) is -3.32. The van der Waals surface area contributed by atoms with Gasteiger partial charge in [0.05, 0.1) is 17.4 Å². The fraction of sp³-hybridized carbons (Fsp3) is 0.0845. The van der Waals surface area contributed by atoms with Crippen LogP contribution in [0.15, 0.2) is 224 Å². The first kappa shape index (κ1) is 60.0. The van der Waals surface area contributed by atoms with Crippen LogP contribution in [0.3, 0.4) is 0 Å². The Morgan fingerprint density at radius 1 is 0.447 bits per heavy atom. The van der Waals surface area contributed by atoms with Gasteiger partial charge in [0.1, 0.15) is 5.82 Å². The smallest absolute Gasteiger partial charge is 0.335 e. The normalized spacial score (nSPS) is 13.1. The fourth-order valence-corrected chi connectivity index (χ4v) is 12.3. The number of amidine groups is 4. The summed E-state index contributed by atoms with van der Waals surface area (Å²) in [6.45, 7) is 4.19. The number of sulfonamides is 1. The molecule has 0 atom stereocenters. The number of hydrogen-bond donors (Lipinski definition) is 5. The van der Waals surface area contributed by atoms with E-state index in [2.05, 4.69) is 176 Å². The van der Waals surface area contributed by atoms with Gasteiger partial charge < -0.3 is 20.8 Å². The fourth-order valence-electron chi connectivity index (χ4n) is 11.8. The largest absolute Gasteiger partial charge is 0.478 e. The Hall–Kier alpha value is -11.6. The molecule has 21 nitrogen and oxygen atoms in total. The maximum atomic E-state index is 11.3. The third-order valence-electron chi connectivity index (χ3n) is 16.0. The van der Waals surface area contributed by atoms with Gasteiger partial charge in [0, 0.05) is 86.7 Å². The number of nitrogens with one attached hydrogen (secondary N) is 3. The Morgan fingerprint density at radius 3 is 1.18 bits per heavy atom. The number of aliphatic imine (C=N–C) groups is 4. The molecule has 4 aliphatic rings. The van der Waals surface area contributed by atoms with E-state index in [0.717, 1.165) is 93.1 Å². The number of benzene rings is 10. The van der Waals surface area contributed by atoms with Crippen molar-refractivity contribution in [1.29, 1.82) is 0 Å². The SMILES string of the molecule is CC.CS(=O)(=O)NCCCc1nc(Nc2cccc(C(=O)O)c2)nc(Nc2cccc(C(=O)O)c2)n1.[V].c1ccc2cc3c(cc2c1)C1=NC3=Nc2c3cc4ccccc4cc3c3n2On2c(c4cc5ccccc5cc4c2=NC2=NC(=N3)c3cc4ccccc4cc32)=N1. The summed E-state index contributed by atoms with van der Waals surface area (Å²) >= 11 is 0. The number of aryl methyl sites for hydroxylation is 1. The van der Waals surface area contributed by atoms with Crippen molar-refractivity contribution >= 4 is 145 Å². The van der Waals surface area contributed by atoms with Crippen molar-refractivity contribution < 1.29 is 51.7 Å². The average molecular weight is 1300 g/mol. The second-order valence-corrected chi connectivity index (χ2v) is 23.9. The van der Waals surface area contributed by atoms with Crippen molar-refractivity contribution in [3.63, 3.8) is 0 Å². The zero-order chi connectivity index (χ0) is 63.6. The molecule has 1 radical (unpaired) electrons. The molecule has 5 N–H and O–H groups in total. The molecule has 94 heavy (non-hydrogen) atoms. The minimum Gasteiger partial charge on any atom is -0.478 e. The van der Waals surface area contributed by atoms with Crippen LogP contribution in [0.25, 0.3) is 64.6 Å². The van der Waals surface area contributed by atoms with Crippen LogP contribution in [-0.4, -0.2) is 91.1 Å². The molecular weight excluding hydrogens is 1240 g/mol. The second kappa shape index (κ2) is 24.2. The number of anilines is 4. The van der Waals surface area contributed by atoms with Crippen molar-refractivity contribution in [2.45, 2.75) is 26.7 Å². The molecule has 0 amide bonds. The number of hydrogen-bond acceptors (Lipinski definition) is 16. The van der Waals surface area contributed by atoms with E-state index in [1.807, 2.05) is 13.8 Å². The minimum absolute atomic E-state index is 0. The van der Waals surface area contributed by atoms with E-state index >= 15 is 0 Å². The van der Waals surface area contributed by atoms with Crippen LogP contribution in [0.5, 0.6) is 0 Å². The van der Waals surface area contributed by atoms with E-state index in [1.54, 1.807) is 33.7 Å². The summed E-state index contributed by atoms with van der Waals surface area (Å²) < 4.78 is 28.3. The molecule has 6 bridgehead atoms.